The predicted molar refractivity (Wildman–Crippen MR) is 111 cm³/mol. The van der Waals surface area contributed by atoms with Gasteiger partial charge in [-0.05, 0) is 44.0 Å². The molecule has 28 heavy (non-hydrogen) atoms. The minimum Gasteiger partial charge on any atom is -0.340 e. The molecule has 2 aromatic carbocycles. The number of carbonyl (C=O) groups is 2. The number of aromatic amines is 1. The molecule has 0 saturated heterocycles. The molecule has 6 heteroatoms. The number of hydrogen-bond acceptors (Lipinski definition) is 3. The van der Waals surface area contributed by atoms with E-state index in [-0.39, 0.29) is 17.7 Å². The van der Waals surface area contributed by atoms with Crippen LogP contribution in [0.15, 0.2) is 42.5 Å². The fourth-order valence-electron chi connectivity index (χ4n) is 3.24. The number of imidazole rings is 1. The van der Waals surface area contributed by atoms with Crippen LogP contribution >= 0.6 is 0 Å². The van der Waals surface area contributed by atoms with Crippen LogP contribution in [0.5, 0.6) is 0 Å². The number of nitrogens with one attached hydrogen (secondary N) is 3. The fourth-order valence-corrected chi connectivity index (χ4v) is 3.24. The molecule has 0 bridgehead atoms. The monoisotopic (exact) mass is 378 g/mol. The number of rotatable bonds is 6. The normalized spacial score (nSPS) is 13.1. The maximum absolute atomic E-state index is 12.9. The number of aryl methyl sites for hydroxylation is 2. The van der Waals surface area contributed by atoms with Gasteiger partial charge in [-0.1, -0.05) is 49.6 Å². The summed E-state index contributed by atoms with van der Waals surface area (Å²) in [7, 11) is 0. The van der Waals surface area contributed by atoms with Gasteiger partial charge in [0.05, 0.1) is 11.0 Å². The summed E-state index contributed by atoms with van der Waals surface area (Å²) < 4.78 is 0. The van der Waals surface area contributed by atoms with E-state index >= 15 is 0 Å². The number of fused-ring (bicyclic) bond motifs is 1. The molecule has 1 aromatic heterocycles. The van der Waals surface area contributed by atoms with E-state index in [1.54, 1.807) is 0 Å². The molecular formula is C22H26N4O2. The lowest BCUT2D eigenvalue weighted by molar-refractivity contribution is -0.119. The van der Waals surface area contributed by atoms with Gasteiger partial charge < -0.3 is 10.3 Å². The van der Waals surface area contributed by atoms with Gasteiger partial charge >= 0.3 is 0 Å². The number of amides is 2. The third-order valence-corrected chi connectivity index (χ3v) is 4.90. The van der Waals surface area contributed by atoms with E-state index in [4.69, 9.17) is 0 Å². The molecule has 0 radical (unpaired) electrons. The summed E-state index contributed by atoms with van der Waals surface area (Å²) in [5.74, 6) is -0.192. The molecule has 0 saturated carbocycles. The number of carbonyl (C=O) groups excluding carboxylic acids is 2. The quantitative estimate of drug-likeness (QED) is 0.607. The van der Waals surface area contributed by atoms with Gasteiger partial charge in [-0.3, -0.25) is 14.9 Å². The first-order chi connectivity index (χ1) is 13.4. The van der Waals surface area contributed by atoms with E-state index in [9.17, 15) is 9.59 Å². The van der Waals surface area contributed by atoms with Crippen molar-refractivity contribution in [2.24, 2.45) is 5.92 Å². The molecule has 0 aliphatic carbocycles. The Balaban J connectivity index is 1.78. The van der Waals surface area contributed by atoms with Crippen LogP contribution in [0.4, 0.5) is 5.95 Å². The smallest absolute Gasteiger partial charge is 0.251 e. The molecule has 1 heterocycles. The molecule has 2 amide bonds. The van der Waals surface area contributed by atoms with Crippen molar-refractivity contribution in [3.05, 3.63) is 59.2 Å². The highest BCUT2D eigenvalue weighted by molar-refractivity contribution is 6.01. The Labute approximate surface area is 164 Å². The second-order valence-electron chi connectivity index (χ2n) is 7.30. The molecule has 0 aliphatic rings. The van der Waals surface area contributed by atoms with Crippen molar-refractivity contribution in [3.8, 4) is 0 Å². The van der Waals surface area contributed by atoms with Gasteiger partial charge in [-0.15, -0.1) is 0 Å². The molecule has 146 valence electrons. The van der Waals surface area contributed by atoms with Gasteiger partial charge in [-0.2, -0.15) is 0 Å². The summed E-state index contributed by atoms with van der Waals surface area (Å²) in [4.78, 5) is 33.1. The number of para-hydroxylation sites is 2. The first-order valence-electron chi connectivity index (χ1n) is 9.52. The Morgan fingerprint density at radius 2 is 1.79 bits per heavy atom. The Kier molecular flexibility index (Phi) is 5.78. The minimum absolute atomic E-state index is 0.0285. The van der Waals surface area contributed by atoms with Crippen molar-refractivity contribution in [1.29, 1.82) is 0 Å². The molecule has 2 atom stereocenters. The number of aromatic nitrogens is 2. The Morgan fingerprint density at radius 1 is 1.11 bits per heavy atom. The molecule has 3 rings (SSSR count). The first kappa shape index (κ1) is 19.6. The zero-order chi connectivity index (χ0) is 20.3. The number of hydrogen-bond donors (Lipinski definition) is 3. The SMILES string of the molecule is CC[C@@H](C)[C@@H](NC(=O)c1cc(C)cc(C)c1)C(=O)Nc1nc2ccccc2[nH]1. The summed E-state index contributed by atoms with van der Waals surface area (Å²) >= 11 is 0. The van der Waals surface area contributed by atoms with Crippen LogP contribution in [-0.2, 0) is 4.79 Å². The van der Waals surface area contributed by atoms with Crippen molar-refractivity contribution in [2.45, 2.75) is 40.2 Å². The van der Waals surface area contributed by atoms with Crippen molar-refractivity contribution in [1.82, 2.24) is 15.3 Å². The van der Waals surface area contributed by atoms with Gasteiger partial charge in [0.2, 0.25) is 11.9 Å². The highest BCUT2D eigenvalue weighted by atomic mass is 16.2. The second kappa shape index (κ2) is 8.25. The van der Waals surface area contributed by atoms with Gasteiger partial charge in [0.15, 0.2) is 0 Å². The van der Waals surface area contributed by atoms with Crippen molar-refractivity contribution in [2.75, 3.05) is 5.32 Å². The highest BCUT2D eigenvalue weighted by Crippen LogP contribution is 2.16. The van der Waals surface area contributed by atoms with E-state index in [1.807, 2.05) is 70.2 Å². The molecule has 3 aromatic rings. The summed E-state index contributed by atoms with van der Waals surface area (Å²) in [5, 5.41) is 5.71. The summed E-state index contributed by atoms with van der Waals surface area (Å²) in [6.07, 6.45) is 0.755. The van der Waals surface area contributed by atoms with Gasteiger partial charge in [0.25, 0.3) is 5.91 Å². The Morgan fingerprint density at radius 3 is 2.43 bits per heavy atom. The Hall–Kier alpha value is -3.15. The van der Waals surface area contributed by atoms with E-state index in [0.717, 1.165) is 28.6 Å². The van der Waals surface area contributed by atoms with E-state index in [2.05, 4.69) is 20.6 Å². The first-order valence-corrected chi connectivity index (χ1v) is 9.52. The summed E-state index contributed by atoms with van der Waals surface area (Å²) in [6, 6.07) is 12.6. The summed E-state index contributed by atoms with van der Waals surface area (Å²) in [6.45, 7) is 7.84. The zero-order valence-corrected chi connectivity index (χ0v) is 16.7. The lowest BCUT2D eigenvalue weighted by atomic mass is 9.97. The lowest BCUT2D eigenvalue weighted by Gasteiger charge is -2.23. The largest absolute Gasteiger partial charge is 0.340 e. The molecule has 0 fully saturated rings. The topological polar surface area (TPSA) is 86.9 Å². The van der Waals surface area contributed by atoms with Crippen LogP contribution in [0, 0.1) is 19.8 Å². The van der Waals surface area contributed by atoms with Crippen molar-refractivity contribution in [3.63, 3.8) is 0 Å². The number of nitrogens with zero attached hydrogens (tertiary/aromatic N) is 1. The molecular weight excluding hydrogens is 352 g/mol. The van der Waals surface area contributed by atoms with Crippen LogP contribution in [0.2, 0.25) is 0 Å². The lowest BCUT2D eigenvalue weighted by Crippen LogP contribution is -2.47. The fraction of sp³-hybridized carbons (Fsp3) is 0.318. The number of anilines is 1. The van der Waals surface area contributed by atoms with Gasteiger partial charge in [-0.25, -0.2) is 4.98 Å². The van der Waals surface area contributed by atoms with E-state index in [1.165, 1.54) is 0 Å². The van der Waals surface area contributed by atoms with Gasteiger partial charge in [0, 0.05) is 5.56 Å². The predicted octanol–water partition coefficient (Wildman–Crippen LogP) is 3.96. The average molecular weight is 378 g/mol. The summed E-state index contributed by atoms with van der Waals surface area (Å²) in [5.41, 5.74) is 4.20. The Bertz CT molecular complexity index is 955. The average Bonchev–Trinajstić information content (AvgIpc) is 3.06. The minimum atomic E-state index is -0.661. The van der Waals surface area contributed by atoms with Crippen LogP contribution in [0.25, 0.3) is 11.0 Å². The van der Waals surface area contributed by atoms with E-state index < -0.39 is 6.04 Å². The van der Waals surface area contributed by atoms with Crippen LogP contribution in [-0.4, -0.2) is 27.8 Å². The molecule has 0 aliphatic heterocycles. The molecule has 0 unspecified atom stereocenters. The standard InChI is InChI=1S/C22H26N4O2/c1-5-15(4)19(25-20(27)16-11-13(2)10-14(3)12-16)21(28)26-22-23-17-8-6-7-9-18(17)24-22/h6-12,15,19H,5H2,1-4H3,(H,25,27)(H2,23,24,26,28)/t15-,19-/m1/s1. The third kappa shape index (κ3) is 4.39. The van der Waals surface area contributed by atoms with E-state index in [0.29, 0.717) is 11.5 Å². The molecule has 0 spiro atoms. The molecule has 6 nitrogen and oxygen atoms in total. The van der Waals surface area contributed by atoms with Crippen LogP contribution in [0.3, 0.4) is 0 Å². The highest BCUT2D eigenvalue weighted by Gasteiger charge is 2.27. The van der Waals surface area contributed by atoms with Crippen LogP contribution in [0.1, 0.15) is 41.8 Å². The zero-order valence-electron chi connectivity index (χ0n) is 16.7. The maximum atomic E-state index is 12.9. The number of H-pyrrole nitrogens is 1. The van der Waals surface area contributed by atoms with Crippen molar-refractivity contribution < 1.29 is 9.59 Å². The van der Waals surface area contributed by atoms with Crippen LogP contribution < -0.4 is 10.6 Å². The third-order valence-electron chi connectivity index (χ3n) is 4.90. The molecule has 3 N–H and O–H groups in total. The van der Waals surface area contributed by atoms with Gasteiger partial charge in [0.1, 0.15) is 6.04 Å². The second-order valence-corrected chi connectivity index (χ2v) is 7.30. The van der Waals surface area contributed by atoms with Crippen molar-refractivity contribution >= 4 is 28.8 Å². The number of benzene rings is 2. The maximum Gasteiger partial charge on any atom is 0.251 e.